The minimum atomic E-state index is -5.08. The normalized spacial score (nSPS) is 11.4. The van der Waals surface area contributed by atoms with E-state index in [9.17, 15) is 36.0 Å². The molecule has 41 heavy (non-hydrogen) atoms. The number of aromatic nitrogens is 4. The number of carboxylic acids is 2. The van der Waals surface area contributed by atoms with Crippen LogP contribution in [0.4, 0.5) is 42.2 Å². The fraction of sp³-hybridized carbons (Fsp3) is 0.0833. The number of nitrogens with zero attached hydrogens (tertiary/aromatic N) is 4. The van der Waals surface area contributed by atoms with Gasteiger partial charge in [0.05, 0.1) is 29.2 Å². The number of anilines is 2. The number of aromatic amines is 1. The van der Waals surface area contributed by atoms with Crippen molar-refractivity contribution in [2.75, 3.05) is 5.32 Å². The van der Waals surface area contributed by atoms with Crippen molar-refractivity contribution in [3.05, 3.63) is 66.4 Å². The molecular weight excluding hydrogens is 569 g/mol. The van der Waals surface area contributed by atoms with Crippen molar-refractivity contribution in [1.82, 2.24) is 19.9 Å². The topological polar surface area (TPSA) is 165 Å². The van der Waals surface area contributed by atoms with Crippen molar-refractivity contribution in [2.24, 2.45) is 0 Å². The van der Waals surface area contributed by atoms with E-state index in [2.05, 4.69) is 20.3 Å². The van der Waals surface area contributed by atoms with Crippen LogP contribution in [-0.4, -0.2) is 54.4 Å². The van der Waals surface area contributed by atoms with Crippen molar-refractivity contribution >= 4 is 23.4 Å². The first kappa shape index (κ1) is 30.0. The molecule has 10 nitrogen and oxygen atoms in total. The lowest BCUT2D eigenvalue weighted by Gasteiger charge is -2.08. The Morgan fingerprint density at radius 2 is 1.54 bits per heavy atom. The highest BCUT2D eigenvalue weighted by molar-refractivity contribution is 5.95. The van der Waals surface area contributed by atoms with Gasteiger partial charge < -0.3 is 20.5 Å². The van der Waals surface area contributed by atoms with Crippen LogP contribution in [0.2, 0.25) is 0 Å². The van der Waals surface area contributed by atoms with Crippen LogP contribution in [0.3, 0.4) is 0 Å². The van der Waals surface area contributed by atoms with Gasteiger partial charge in [-0.1, -0.05) is 0 Å². The van der Waals surface area contributed by atoms with Gasteiger partial charge in [0.15, 0.2) is 0 Å². The Morgan fingerprint density at radius 3 is 2.12 bits per heavy atom. The molecule has 0 bridgehead atoms. The number of fused-ring (bicyclic) bond motifs is 5. The zero-order valence-electron chi connectivity index (χ0n) is 19.8. The Labute approximate surface area is 223 Å². The molecule has 5 rings (SSSR count). The third kappa shape index (κ3) is 7.11. The number of halogens is 7. The van der Waals surface area contributed by atoms with Crippen LogP contribution in [0, 0.1) is 17.1 Å². The Balaban J connectivity index is 0.000000276. The van der Waals surface area contributed by atoms with Crippen molar-refractivity contribution in [3.8, 4) is 40.0 Å². The van der Waals surface area contributed by atoms with E-state index < -0.39 is 30.1 Å². The molecule has 0 unspecified atom stereocenters. The molecule has 0 saturated heterocycles. The molecule has 4 aromatic rings. The summed E-state index contributed by atoms with van der Waals surface area (Å²) in [6, 6.07) is 11.8. The van der Waals surface area contributed by atoms with Gasteiger partial charge in [0, 0.05) is 29.1 Å². The van der Waals surface area contributed by atoms with E-state index >= 15 is 0 Å². The van der Waals surface area contributed by atoms with Gasteiger partial charge in [-0.3, -0.25) is 4.98 Å². The lowest BCUT2D eigenvalue weighted by molar-refractivity contribution is -0.193. The number of aliphatic carboxylic acids is 2. The summed E-state index contributed by atoms with van der Waals surface area (Å²) in [5.41, 5.74) is 4.77. The molecule has 0 spiro atoms. The average molecular weight is 582 g/mol. The van der Waals surface area contributed by atoms with Crippen LogP contribution >= 0.6 is 0 Å². The third-order valence-electron chi connectivity index (χ3n) is 4.95. The molecule has 212 valence electrons. The molecule has 0 saturated carbocycles. The lowest BCUT2D eigenvalue weighted by Crippen LogP contribution is -2.21. The maximum atomic E-state index is 13.5. The molecule has 0 fully saturated rings. The zero-order valence-corrected chi connectivity index (χ0v) is 19.8. The second-order valence-electron chi connectivity index (χ2n) is 7.66. The number of H-pyrrole nitrogens is 1. The minimum Gasteiger partial charge on any atom is -0.475 e. The number of carboxylic acid groups (broad SMARTS) is 2. The second-order valence-corrected chi connectivity index (χ2v) is 7.66. The van der Waals surface area contributed by atoms with Crippen LogP contribution in [0.15, 0.2) is 55.0 Å². The first-order valence-corrected chi connectivity index (χ1v) is 10.7. The predicted molar refractivity (Wildman–Crippen MR) is 126 cm³/mol. The summed E-state index contributed by atoms with van der Waals surface area (Å²) >= 11 is 0. The molecule has 4 heterocycles. The highest BCUT2D eigenvalue weighted by atomic mass is 19.4. The smallest absolute Gasteiger partial charge is 0.475 e. The molecule has 0 aliphatic carbocycles. The first-order valence-electron chi connectivity index (χ1n) is 10.7. The molecule has 1 aliphatic rings. The van der Waals surface area contributed by atoms with Gasteiger partial charge in [-0.25, -0.2) is 23.9 Å². The highest BCUT2D eigenvalue weighted by Crippen LogP contribution is 2.42. The van der Waals surface area contributed by atoms with Gasteiger partial charge in [-0.15, -0.1) is 0 Å². The van der Waals surface area contributed by atoms with Crippen LogP contribution in [0.1, 0.15) is 5.56 Å². The van der Waals surface area contributed by atoms with E-state index in [1.54, 1.807) is 24.7 Å². The van der Waals surface area contributed by atoms with Gasteiger partial charge in [-0.2, -0.15) is 31.6 Å². The van der Waals surface area contributed by atoms with Gasteiger partial charge in [0.25, 0.3) is 0 Å². The molecule has 0 atom stereocenters. The number of carbonyl (C=O) groups is 2. The SMILES string of the molecule is N#Cc1cc(F)ccc1-c1nc2c([nH]1)-c1ccncc1Nc1ncccc1-2.O=C(O)C(F)(F)F.O=C(O)C(F)(F)F. The van der Waals surface area contributed by atoms with E-state index in [-0.39, 0.29) is 5.56 Å². The van der Waals surface area contributed by atoms with E-state index in [4.69, 9.17) is 24.8 Å². The highest BCUT2D eigenvalue weighted by Gasteiger charge is 2.38. The standard InChI is InChI=1S/C20H11FN6.2C2HF3O2/c21-12-3-4-13(11(8-12)9-22)20-26-17-14-5-7-23-10-16(14)25-19-15(18(17)27-20)2-1-6-24-19;2*3-2(4,5)1(6)7/h1-8,10H,(H,24,25)(H,26,27);2*(H,6,7). The van der Waals surface area contributed by atoms with Gasteiger partial charge in [-0.05, 0) is 36.4 Å². The van der Waals surface area contributed by atoms with Crippen molar-refractivity contribution in [3.63, 3.8) is 0 Å². The second kappa shape index (κ2) is 11.7. The molecular formula is C24H13F7N6O4. The Hall–Kier alpha value is -5.53. The largest absolute Gasteiger partial charge is 0.490 e. The fourth-order valence-electron chi connectivity index (χ4n) is 3.24. The molecule has 1 aliphatic heterocycles. The van der Waals surface area contributed by atoms with Crippen LogP contribution < -0.4 is 5.32 Å². The van der Waals surface area contributed by atoms with Crippen LogP contribution in [-0.2, 0) is 9.59 Å². The van der Waals surface area contributed by atoms with Crippen molar-refractivity contribution in [2.45, 2.75) is 12.4 Å². The Bertz CT molecular complexity index is 1560. The van der Waals surface area contributed by atoms with E-state index in [1.807, 2.05) is 24.3 Å². The molecule has 0 radical (unpaired) electrons. The number of alkyl halides is 6. The van der Waals surface area contributed by atoms with Gasteiger partial charge in [0.2, 0.25) is 0 Å². The van der Waals surface area contributed by atoms with Crippen molar-refractivity contribution in [1.29, 1.82) is 5.26 Å². The molecule has 17 heteroatoms. The van der Waals surface area contributed by atoms with Gasteiger partial charge >= 0.3 is 24.3 Å². The molecule has 3 aromatic heterocycles. The predicted octanol–water partition coefficient (Wildman–Crippen LogP) is 5.54. The van der Waals surface area contributed by atoms with Gasteiger partial charge in [0.1, 0.15) is 23.2 Å². The third-order valence-corrected chi connectivity index (χ3v) is 4.95. The molecule has 0 amide bonds. The van der Waals surface area contributed by atoms with Crippen molar-refractivity contribution < 1.29 is 50.5 Å². The number of pyridine rings is 2. The number of nitriles is 1. The monoisotopic (exact) mass is 582 g/mol. The molecule has 1 aromatic carbocycles. The summed E-state index contributed by atoms with van der Waals surface area (Å²) in [7, 11) is 0. The number of nitrogens with one attached hydrogen (secondary N) is 2. The summed E-state index contributed by atoms with van der Waals surface area (Å²) in [5.74, 6) is -4.81. The summed E-state index contributed by atoms with van der Waals surface area (Å²) in [6.45, 7) is 0. The van der Waals surface area contributed by atoms with E-state index in [1.165, 1.54) is 12.1 Å². The summed E-state index contributed by atoms with van der Waals surface area (Å²) in [4.78, 5) is 34.4. The maximum absolute atomic E-state index is 13.5. The number of hydrogen-bond acceptors (Lipinski definition) is 7. The first-order chi connectivity index (χ1) is 19.1. The number of rotatable bonds is 1. The Kier molecular flexibility index (Phi) is 8.56. The van der Waals surface area contributed by atoms with Crippen LogP contribution in [0.5, 0.6) is 0 Å². The zero-order chi connectivity index (χ0) is 30.5. The number of hydrogen-bond donors (Lipinski definition) is 4. The number of benzene rings is 1. The molecule has 4 N–H and O–H groups in total. The summed E-state index contributed by atoms with van der Waals surface area (Å²) in [6.07, 6.45) is -5.04. The summed E-state index contributed by atoms with van der Waals surface area (Å²) < 4.78 is 77.0. The minimum absolute atomic E-state index is 0.221. The maximum Gasteiger partial charge on any atom is 0.490 e. The quantitative estimate of drug-likeness (QED) is 0.186. The van der Waals surface area contributed by atoms with E-state index in [0.717, 1.165) is 22.5 Å². The fourth-order valence-corrected chi connectivity index (χ4v) is 3.24. The lowest BCUT2D eigenvalue weighted by atomic mass is 10.1. The average Bonchev–Trinajstić information content (AvgIpc) is 3.28. The van der Waals surface area contributed by atoms with Crippen LogP contribution in [0.25, 0.3) is 33.9 Å². The van der Waals surface area contributed by atoms with E-state index in [0.29, 0.717) is 22.9 Å². The Morgan fingerprint density at radius 1 is 0.902 bits per heavy atom. The summed E-state index contributed by atoms with van der Waals surface area (Å²) in [5, 5.41) is 26.9. The number of imidazole rings is 1.